The Balaban J connectivity index is 2.46. The number of hydrogen-bond donors (Lipinski definition) is 1. The van der Waals surface area contributed by atoms with Gasteiger partial charge in [-0.1, -0.05) is 6.07 Å². The summed E-state index contributed by atoms with van der Waals surface area (Å²) in [5.74, 6) is 0. The van der Waals surface area contributed by atoms with Crippen molar-refractivity contribution >= 4 is 17.4 Å². The maximum Gasteiger partial charge on any atom is 0.174 e. The van der Waals surface area contributed by atoms with Crippen molar-refractivity contribution in [2.75, 3.05) is 31.3 Å². The number of nitrogens with one attached hydrogen (secondary N) is 1. The molecule has 0 saturated heterocycles. The Morgan fingerprint density at radius 3 is 2.53 bits per heavy atom. The highest BCUT2D eigenvalue weighted by atomic mass is 32.2. The lowest BCUT2D eigenvalue weighted by molar-refractivity contribution is -0.126. The van der Waals surface area contributed by atoms with E-state index in [9.17, 15) is 0 Å². The molecule has 0 atom stereocenters. The van der Waals surface area contributed by atoms with Crippen molar-refractivity contribution < 1.29 is 9.47 Å². The van der Waals surface area contributed by atoms with Gasteiger partial charge >= 0.3 is 0 Å². The number of benzene rings is 1. The van der Waals surface area contributed by atoms with Gasteiger partial charge in [0.05, 0.1) is 6.54 Å². The van der Waals surface area contributed by atoms with Gasteiger partial charge in [0.2, 0.25) is 0 Å². The lowest BCUT2D eigenvalue weighted by atomic mass is 10.3. The fourth-order valence-electron chi connectivity index (χ4n) is 1.47. The van der Waals surface area contributed by atoms with Gasteiger partial charge in [-0.2, -0.15) is 0 Å². The second-order valence-corrected chi connectivity index (χ2v) is 4.33. The minimum atomic E-state index is -0.178. The Morgan fingerprint density at radius 2 is 1.94 bits per heavy atom. The van der Waals surface area contributed by atoms with E-state index in [1.54, 1.807) is 11.8 Å². The molecule has 0 spiro atoms. The molecule has 1 aromatic carbocycles. The molecule has 96 valence electrons. The Kier molecular flexibility index (Phi) is 7.08. The predicted molar refractivity (Wildman–Crippen MR) is 73.8 cm³/mol. The largest absolute Gasteiger partial charge is 0.380 e. The summed E-state index contributed by atoms with van der Waals surface area (Å²) in [6.07, 6.45) is 1.89. The van der Waals surface area contributed by atoms with Crippen LogP contribution in [0.15, 0.2) is 29.2 Å². The van der Waals surface area contributed by atoms with Gasteiger partial charge in [-0.15, -0.1) is 11.8 Å². The number of rotatable bonds is 8. The third-order valence-electron chi connectivity index (χ3n) is 2.25. The Labute approximate surface area is 108 Å². The zero-order valence-corrected chi connectivity index (χ0v) is 11.5. The predicted octanol–water partition coefficient (Wildman–Crippen LogP) is 3.22. The van der Waals surface area contributed by atoms with Crippen LogP contribution in [0, 0.1) is 0 Å². The maximum absolute atomic E-state index is 5.47. The van der Waals surface area contributed by atoms with Crippen LogP contribution in [0.1, 0.15) is 13.8 Å². The number of hydrogen-bond acceptors (Lipinski definition) is 4. The summed E-state index contributed by atoms with van der Waals surface area (Å²) in [6, 6.07) is 8.32. The smallest absolute Gasteiger partial charge is 0.174 e. The van der Waals surface area contributed by atoms with Gasteiger partial charge in [0, 0.05) is 23.8 Å². The zero-order valence-electron chi connectivity index (χ0n) is 10.7. The van der Waals surface area contributed by atoms with E-state index in [1.807, 2.05) is 19.9 Å². The molecule has 0 aliphatic heterocycles. The molecule has 17 heavy (non-hydrogen) atoms. The van der Waals surface area contributed by atoms with Crippen LogP contribution in [-0.2, 0) is 9.47 Å². The second kappa shape index (κ2) is 8.39. The quantitative estimate of drug-likeness (QED) is 0.571. The molecule has 4 heteroatoms. The highest BCUT2D eigenvalue weighted by Gasteiger charge is 2.07. The van der Waals surface area contributed by atoms with Crippen LogP contribution in [0.5, 0.6) is 0 Å². The normalized spacial score (nSPS) is 10.8. The summed E-state index contributed by atoms with van der Waals surface area (Å²) in [6.45, 7) is 5.94. The molecular weight excluding hydrogens is 234 g/mol. The number of thioether (sulfide) groups is 1. The average Bonchev–Trinajstić information content (AvgIpc) is 2.37. The molecule has 3 nitrogen and oxygen atoms in total. The van der Waals surface area contributed by atoms with E-state index in [1.165, 1.54) is 4.90 Å². The average molecular weight is 255 g/mol. The van der Waals surface area contributed by atoms with Crippen LogP contribution in [0.3, 0.4) is 0 Å². The molecule has 1 N–H and O–H groups in total. The molecule has 0 aliphatic carbocycles. The van der Waals surface area contributed by atoms with Crippen LogP contribution in [0.25, 0.3) is 0 Å². The Bertz CT molecular complexity index is 314. The van der Waals surface area contributed by atoms with Gasteiger partial charge in [0.25, 0.3) is 0 Å². The third-order valence-corrected chi connectivity index (χ3v) is 2.97. The summed E-state index contributed by atoms with van der Waals surface area (Å²) in [5, 5.41) is 3.33. The summed E-state index contributed by atoms with van der Waals surface area (Å²) in [4.78, 5) is 1.25. The SMILES string of the molecule is CCOC(CNc1cccc(SC)c1)OCC. The highest BCUT2D eigenvalue weighted by Crippen LogP contribution is 2.18. The Hall–Kier alpha value is -0.710. The molecule has 0 heterocycles. The number of ether oxygens (including phenoxy) is 2. The molecule has 0 bridgehead atoms. The summed E-state index contributed by atoms with van der Waals surface area (Å²) in [5.41, 5.74) is 1.10. The monoisotopic (exact) mass is 255 g/mol. The van der Waals surface area contributed by atoms with Crippen molar-refractivity contribution in [2.45, 2.75) is 25.0 Å². The first-order valence-corrected chi connectivity index (χ1v) is 7.13. The molecule has 0 radical (unpaired) electrons. The van der Waals surface area contributed by atoms with Gasteiger partial charge in [0.15, 0.2) is 6.29 Å². The fourth-order valence-corrected chi connectivity index (χ4v) is 1.93. The van der Waals surface area contributed by atoms with E-state index >= 15 is 0 Å². The molecule has 0 aromatic heterocycles. The van der Waals surface area contributed by atoms with Crippen LogP contribution in [-0.4, -0.2) is 32.3 Å². The highest BCUT2D eigenvalue weighted by molar-refractivity contribution is 7.98. The minimum absolute atomic E-state index is 0.178. The van der Waals surface area contributed by atoms with Gasteiger partial charge in [0.1, 0.15) is 0 Å². The van der Waals surface area contributed by atoms with Crippen molar-refractivity contribution in [3.8, 4) is 0 Å². The second-order valence-electron chi connectivity index (χ2n) is 3.45. The minimum Gasteiger partial charge on any atom is -0.380 e. The van der Waals surface area contributed by atoms with E-state index in [4.69, 9.17) is 9.47 Å². The lowest BCUT2D eigenvalue weighted by Gasteiger charge is -2.18. The molecular formula is C13H21NO2S. The van der Waals surface area contributed by atoms with Gasteiger partial charge < -0.3 is 14.8 Å². The van der Waals surface area contributed by atoms with Gasteiger partial charge in [-0.05, 0) is 38.3 Å². The van der Waals surface area contributed by atoms with Crippen LogP contribution in [0.2, 0.25) is 0 Å². The van der Waals surface area contributed by atoms with Crippen molar-refractivity contribution in [3.63, 3.8) is 0 Å². The van der Waals surface area contributed by atoms with Gasteiger partial charge in [-0.25, -0.2) is 0 Å². The lowest BCUT2D eigenvalue weighted by Crippen LogP contribution is -2.26. The molecule has 0 aliphatic rings. The summed E-state index contributed by atoms with van der Waals surface area (Å²) >= 11 is 1.74. The van der Waals surface area contributed by atoms with Crippen molar-refractivity contribution in [3.05, 3.63) is 24.3 Å². The molecule has 0 amide bonds. The van der Waals surface area contributed by atoms with Crippen LogP contribution < -0.4 is 5.32 Å². The molecule has 1 rings (SSSR count). The van der Waals surface area contributed by atoms with E-state index < -0.39 is 0 Å². The van der Waals surface area contributed by atoms with E-state index in [-0.39, 0.29) is 6.29 Å². The first-order valence-electron chi connectivity index (χ1n) is 5.91. The van der Waals surface area contributed by atoms with Gasteiger partial charge in [-0.3, -0.25) is 0 Å². The van der Waals surface area contributed by atoms with Crippen molar-refractivity contribution in [1.82, 2.24) is 0 Å². The Morgan fingerprint density at radius 1 is 1.24 bits per heavy atom. The third kappa shape index (κ3) is 5.44. The molecule has 0 fully saturated rings. The summed E-state index contributed by atoms with van der Waals surface area (Å²) < 4.78 is 10.9. The van der Waals surface area contributed by atoms with Crippen molar-refractivity contribution in [1.29, 1.82) is 0 Å². The first kappa shape index (κ1) is 14.4. The maximum atomic E-state index is 5.47. The molecule has 1 aromatic rings. The van der Waals surface area contributed by atoms with E-state index in [0.717, 1.165) is 5.69 Å². The van der Waals surface area contributed by atoms with E-state index in [2.05, 4.69) is 29.8 Å². The van der Waals surface area contributed by atoms with Crippen LogP contribution in [0.4, 0.5) is 5.69 Å². The topological polar surface area (TPSA) is 30.5 Å². The standard InChI is InChI=1S/C13H21NO2S/c1-4-15-13(16-5-2)10-14-11-7-6-8-12(9-11)17-3/h6-9,13-14H,4-5,10H2,1-3H3. The van der Waals surface area contributed by atoms with Crippen LogP contribution >= 0.6 is 11.8 Å². The molecule has 0 saturated carbocycles. The zero-order chi connectivity index (χ0) is 12.5. The number of anilines is 1. The molecule has 0 unspecified atom stereocenters. The first-order chi connectivity index (χ1) is 8.30. The van der Waals surface area contributed by atoms with Crippen molar-refractivity contribution in [2.24, 2.45) is 0 Å². The fraction of sp³-hybridized carbons (Fsp3) is 0.538. The summed E-state index contributed by atoms with van der Waals surface area (Å²) in [7, 11) is 0. The van der Waals surface area contributed by atoms with E-state index in [0.29, 0.717) is 19.8 Å².